The van der Waals surface area contributed by atoms with Crippen molar-refractivity contribution in [1.82, 2.24) is 9.88 Å². The summed E-state index contributed by atoms with van der Waals surface area (Å²) in [6.45, 7) is 2.52. The maximum Gasteiger partial charge on any atom is 0.308 e. The normalized spacial score (nSPS) is 23.5. The molecule has 2 fully saturated rings. The predicted octanol–water partition coefficient (Wildman–Crippen LogP) is 6.03. The molecule has 1 N–H and O–H groups in total. The molecule has 0 amide bonds. The van der Waals surface area contributed by atoms with Crippen molar-refractivity contribution in [2.45, 2.75) is 64.0 Å². The summed E-state index contributed by atoms with van der Waals surface area (Å²) < 4.78 is 20.7. The van der Waals surface area contributed by atoms with E-state index in [1.807, 2.05) is 18.2 Å². The SMILES string of the molecule is COc1ccc2nccc([C@H](F)CC[C@@H]3CCN(CCC4CCCCC4)C[C@@H]3C(=O)O)c2c1. The van der Waals surface area contributed by atoms with E-state index in [0.29, 0.717) is 30.7 Å². The van der Waals surface area contributed by atoms with Crippen molar-refractivity contribution >= 4 is 16.9 Å². The zero-order valence-corrected chi connectivity index (χ0v) is 19.7. The second-order valence-corrected chi connectivity index (χ2v) is 9.91. The van der Waals surface area contributed by atoms with Gasteiger partial charge in [-0.1, -0.05) is 32.1 Å². The van der Waals surface area contributed by atoms with Gasteiger partial charge in [0, 0.05) is 18.1 Å². The van der Waals surface area contributed by atoms with Crippen LogP contribution in [0.3, 0.4) is 0 Å². The van der Waals surface area contributed by atoms with Crippen LogP contribution >= 0.6 is 0 Å². The van der Waals surface area contributed by atoms with Crippen LogP contribution in [0.1, 0.15) is 69.5 Å². The Morgan fingerprint density at radius 3 is 2.79 bits per heavy atom. The third kappa shape index (κ3) is 6.03. The zero-order valence-electron chi connectivity index (χ0n) is 19.7. The number of hydrogen-bond donors (Lipinski definition) is 1. The fraction of sp³-hybridized carbons (Fsp3) is 0.630. The first-order chi connectivity index (χ1) is 16.0. The fourth-order valence-corrected chi connectivity index (χ4v) is 5.80. The highest BCUT2D eigenvalue weighted by Crippen LogP contribution is 2.36. The summed E-state index contributed by atoms with van der Waals surface area (Å²) in [5.74, 6) is 0.356. The van der Waals surface area contributed by atoms with Gasteiger partial charge in [0.05, 0.1) is 18.5 Å². The van der Waals surface area contributed by atoms with Gasteiger partial charge in [-0.15, -0.1) is 0 Å². The molecule has 1 aliphatic heterocycles. The molecule has 1 saturated carbocycles. The van der Waals surface area contributed by atoms with Crippen molar-refractivity contribution in [3.8, 4) is 5.75 Å². The summed E-state index contributed by atoms with van der Waals surface area (Å²) >= 11 is 0. The summed E-state index contributed by atoms with van der Waals surface area (Å²) in [5, 5.41) is 10.6. The zero-order chi connectivity index (χ0) is 23.2. The monoisotopic (exact) mass is 456 g/mol. The summed E-state index contributed by atoms with van der Waals surface area (Å²) in [7, 11) is 1.59. The molecule has 2 aromatic rings. The lowest BCUT2D eigenvalue weighted by atomic mass is 9.81. The Balaban J connectivity index is 1.34. The fourth-order valence-electron chi connectivity index (χ4n) is 5.80. The molecule has 2 aliphatic rings. The van der Waals surface area contributed by atoms with E-state index < -0.39 is 18.1 Å². The number of aliphatic carboxylic acids is 1. The summed E-state index contributed by atoms with van der Waals surface area (Å²) in [6.07, 6.45) is 10.1. The highest BCUT2D eigenvalue weighted by Gasteiger charge is 2.34. The van der Waals surface area contributed by atoms with Crippen LogP contribution in [-0.4, -0.2) is 47.7 Å². The molecule has 0 unspecified atom stereocenters. The van der Waals surface area contributed by atoms with Gasteiger partial charge in [0.2, 0.25) is 0 Å². The molecule has 4 rings (SSSR count). The lowest BCUT2D eigenvalue weighted by molar-refractivity contribution is -0.146. The minimum Gasteiger partial charge on any atom is -0.497 e. The molecule has 6 heteroatoms. The first-order valence-corrected chi connectivity index (χ1v) is 12.6. The van der Waals surface area contributed by atoms with E-state index in [2.05, 4.69) is 9.88 Å². The maximum absolute atomic E-state index is 15.4. The molecule has 1 aromatic heterocycles. The molecule has 1 aromatic carbocycles. The van der Waals surface area contributed by atoms with Crippen LogP contribution in [0.5, 0.6) is 5.75 Å². The number of methoxy groups -OCH3 is 1. The Bertz CT molecular complexity index is 931. The molecule has 0 bridgehead atoms. The van der Waals surface area contributed by atoms with Crippen LogP contribution in [0, 0.1) is 17.8 Å². The Labute approximate surface area is 196 Å². The van der Waals surface area contributed by atoms with Gasteiger partial charge >= 0.3 is 5.97 Å². The van der Waals surface area contributed by atoms with Gasteiger partial charge in [0.25, 0.3) is 0 Å². The average molecular weight is 457 g/mol. The maximum atomic E-state index is 15.4. The molecule has 2 heterocycles. The minimum absolute atomic E-state index is 0.0225. The number of pyridine rings is 1. The number of nitrogens with zero attached hydrogens (tertiary/aromatic N) is 2. The Kier molecular flexibility index (Phi) is 8.18. The number of carboxylic acid groups (broad SMARTS) is 1. The number of alkyl halides is 1. The van der Waals surface area contributed by atoms with E-state index in [-0.39, 0.29) is 5.92 Å². The largest absolute Gasteiger partial charge is 0.497 e. The number of ether oxygens (including phenoxy) is 1. The lowest BCUT2D eigenvalue weighted by Crippen LogP contribution is -2.44. The third-order valence-electron chi connectivity index (χ3n) is 7.85. The number of carbonyl (C=O) groups is 1. The van der Waals surface area contributed by atoms with Crippen molar-refractivity contribution in [3.05, 3.63) is 36.0 Å². The van der Waals surface area contributed by atoms with Crippen molar-refractivity contribution in [2.24, 2.45) is 17.8 Å². The van der Waals surface area contributed by atoms with E-state index in [4.69, 9.17) is 4.74 Å². The molecule has 0 radical (unpaired) electrons. The number of halogens is 1. The van der Waals surface area contributed by atoms with Crippen LogP contribution in [0.2, 0.25) is 0 Å². The van der Waals surface area contributed by atoms with Gasteiger partial charge in [-0.25, -0.2) is 4.39 Å². The predicted molar refractivity (Wildman–Crippen MR) is 128 cm³/mol. The van der Waals surface area contributed by atoms with Gasteiger partial charge in [-0.3, -0.25) is 9.78 Å². The highest BCUT2D eigenvalue weighted by molar-refractivity contribution is 5.83. The molecule has 3 atom stereocenters. The molecule has 1 saturated heterocycles. The standard InChI is InChI=1S/C27H37FN2O3/c1-33-21-8-10-26-23(17-21)22(11-14-29-26)25(28)9-7-20-13-16-30(18-24(20)27(31)32)15-12-19-5-3-2-4-6-19/h8,10-11,14,17,19-20,24-25H,2-7,9,12-13,15-16,18H2,1H3,(H,31,32)/t20-,24+,25-/m1/s1. The average Bonchev–Trinajstić information content (AvgIpc) is 2.86. The molecular weight excluding hydrogens is 419 g/mol. The Hall–Kier alpha value is -2.21. The number of benzene rings is 1. The van der Waals surface area contributed by atoms with Gasteiger partial charge in [-0.2, -0.15) is 0 Å². The quantitative estimate of drug-likeness (QED) is 0.499. The molecule has 33 heavy (non-hydrogen) atoms. The van der Waals surface area contributed by atoms with E-state index in [9.17, 15) is 9.90 Å². The number of fused-ring (bicyclic) bond motifs is 1. The number of hydrogen-bond acceptors (Lipinski definition) is 4. The van der Waals surface area contributed by atoms with Crippen LogP contribution in [0.25, 0.3) is 10.9 Å². The third-order valence-corrected chi connectivity index (χ3v) is 7.85. The topological polar surface area (TPSA) is 62.7 Å². The van der Waals surface area contributed by atoms with E-state index >= 15 is 4.39 Å². The van der Waals surface area contributed by atoms with Crippen molar-refractivity contribution in [2.75, 3.05) is 26.7 Å². The van der Waals surface area contributed by atoms with Crippen LogP contribution in [0.4, 0.5) is 4.39 Å². The van der Waals surface area contributed by atoms with E-state index in [0.717, 1.165) is 36.3 Å². The van der Waals surface area contributed by atoms with Crippen molar-refractivity contribution in [1.29, 1.82) is 0 Å². The highest BCUT2D eigenvalue weighted by atomic mass is 19.1. The lowest BCUT2D eigenvalue weighted by Gasteiger charge is -2.37. The molecule has 5 nitrogen and oxygen atoms in total. The number of likely N-dealkylation sites (tertiary alicyclic amines) is 1. The summed E-state index contributed by atoms with van der Waals surface area (Å²) in [6, 6.07) is 7.23. The van der Waals surface area contributed by atoms with Crippen LogP contribution < -0.4 is 4.74 Å². The second kappa shape index (κ2) is 11.3. The van der Waals surface area contributed by atoms with Gasteiger partial charge < -0.3 is 14.7 Å². The smallest absolute Gasteiger partial charge is 0.308 e. The van der Waals surface area contributed by atoms with E-state index in [1.54, 1.807) is 19.4 Å². The van der Waals surface area contributed by atoms with E-state index in [1.165, 1.54) is 38.5 Å². The van der Waals surface area contributed by atoms with Crippen LogP contribution in [-0.2, 0) is 4.79 Å². The van der Waals surface area contributed by atoms with Crippen LogP contribution in [0.15, 0.2) is 30.5 Å². The Morgan fingerprint density at radius 1 is 1.21 bits per heavy atom. The number of aromatic nitrogens is 1. The van der Waals surface area contributed by atoms with Gasteiger partial charge in [-0.05, 0) is 80.4 Å². The molecule has 1 aliphatic carbocycles. The van der Waals surface area contributed by atoms with Crippen molar-refractivity contribution < 1.29 is 19.0 Å². The number of rotatable bonds is 9. The molecule has 180 valence electrons. The molecule has 0 spiro atoms. The second-order valence-electron chi connectivity index (χ2n) is 9.91. The number of carboxylic acids is 1. The van der Waals surface area contributed by atoms with Gasteiger partial charge in [0.1, 0.15) is 11.9 Å². The Morgan fingerprint density at radius 2 is 2.03 bits per heavy atom. The first kappa shape index (κ1) is 23.9. The summed E-state index contributed by atoms with van der Waals surface area (Å²) in [5.41, 5.74) is 1.35. The van der Waals surface area contributed by atoms with Gasteiger partial charge in [0.15, 0.2) is 0 Å². The first-order valence-electron chi connectivity index (χ1n) is 12.6. The minimum atomic E-state index is -1.15. The number of piperidine rings is 1. The molecular formula is C27H37FN2O3. The van der Waals surface area contributed by atoms with Crippen molar-refractivity contribution in [3.63, 3.8) is 0 Å². The summed E-state index contributed by atoms with van der Waals surface area (Å²) in [4.78, 5) is 18.7.